The molecular weight excluding hydrogens is 266 g/mol. The predicted octanol–water partition coefficient (Wildman–Crippen LogP) is 3.64. The summed E-state index contributed by atoms with van der Waals surface area (Å²) < 4.78 is 0. The van der Waals surface area contributed by atoms with E-state index in [2.05, 4.69) is 58.8 Å². The fourth-order valence-electron chi connectivity index (χ4n) is 2.02. The second kappa shape index (κ2) is 8.02. The molecule has 2 aromatic heterocycles. The van der Waals surface area contributed by atoms with E-state index in [0.29, 0.717) is 0 Å². The predicted molar refractivity (Wildman–Crippen MR) is 87.4 cm³/mol. The van der Waals surface area contributed by atoms with E-state index in [-0.39, 0.29) is 0 Å². The lowest BCUT2D eigenvalue weighted by Crippen LogP contribution is -2.20. The van der Waals surface area contributed by atoms with Crippen LogP contribution in [0.3, 0.4) is 0 Å². The van der Waals surface area contributed by atoms with Crippen molar-refractivity contribution in [3.63, 3.8) is 0 Å². The van der Waals surface area contributed by atoms with Crippen molar-refractivity contribution in [2.24, 2.45) is 0 Å². The molecule has 0 saturated carbocycles. The quantitative estimate of drug-likeness (QED) is 0.804. The molecule has 0 aliphatic carbocycles. The zero-order valence-electron chi connectivity index (χ0n) is 12.3. The minimum absolute atomic E-state index is 0.951. The first kappa shape index (κ1) is 15.0. The van der Waals surface area contributed by atoms with Gasteiger partial charge in [0, 0.05) is 30.7 Å². The van der Waals surface area contributed by atoms with Crippen molar-refractivity contribution in [3.05, 3.63) is 46.3 Å². The highest BCUT2D eigenvalue weighted by Crippen LogP contribution is 2.11. The van der Waals surface area contributed by atoms with E-state index in [9.17, 15) is 0 Å². The molecular formula is C16H23N3S. The van der Waals surface area contributed by atoms with Gasteiger partial charge in [-0.25, -0.2) is 4.98 Å². The summed E-state index contributed by atoms with van der Waals surface area (Å²) in [5.41, 5.74) is 1.26. The molecule has 0 aliphatic heterocycles. The van der Waals surface area contributed by atoms with Crippen LogP contribution in [0.15, 0.2) is 35.8 Å². The van der Waals surface area contributed by atoms with E-state index in [1.54, 1.807) is 0 Å². The number of hydrogen-bond acceptors (Lipinski definition) is 4. The first-order chi connectivity index (χ1) is 9.78. The Labute approximate surface area is 125 Å². The van der Waals surface area contributed by atoms with Crippen LogP contribution in [0, 0.1) is 0 Å². The van der Waals surface area contributed by atoms with Crippen LogP contribution < -0.4 is 5.32 Å². The Morgan fingerprint density at radius 3 is 2.85 bits per heavy atom. The van der Waals surface area contributed by atoms with Crippen molar-refractivity contribution in [2.45, 2.75) is 26.3 Å². The maximum atomic E-state index is 4.44. The van der Waals surface area contributed by atoms with Crippen molar-refractivity contribution in [1.29, 1.82) is 0 Å². The summed E-state index contributed by atoms with van der Waals surface area (Å²) in [4.78, 5) is 8.24. The molecule has 0 amide bonds. The van der Waals surface area contributed by atoms with E-state index in [0.717, 1.165) is 38.3 Å². The summed E-state index contributed by atoms with van der Waals surface area (Å²) in [6, 6.07) is 8.55. The van der Waals surface area contributed by atoms with Crippen LogP contribution >= 0.6 is 11.3 Å². The molecule has 0 atom stereocenters. The van der Waals surface area contributed by atoms with Gasteiger partial charge in [0.05, 0.1) is 0 Å². The molecule has 0 unspecified atom stereocenters. The molecule has 0 saturated heterocycles. The molecule has 20 heavy (non-hydrogen) atoms. The average Bonchev–Trinajstić information content (AvgIpc) is 2.98. The number of anilines is 1. The Morgan fingerprint density at radius 1 is 1.30 bits per heavy atom. The van der Waals surface area contributed by atoms with Crippen LogP contribution in [0.4, 0.5) is 5.82 Å². The van der Waals surface area contributed by atoms with E-state index >= 15 is 0 Å². The third-order valence-electron chi connectivity index (χ3n) is 3.15. The molecule has 0 aliphatic rings. The monoisotopic (exact) mass is 289 g/mol. The van der Waals surface area contributed by atoms with E-state index in [1.165, 1.54) is 10.4 Å². The fourth-order valence-corrected chi connectivity index (χ4v) is 2.72. The molecule has 0 fully saturated rings. The smallest absolute Gasteiger partial charge is 0.125 e. The zero-order valence-corrected chi connectivity index (χ0v) is 13.1. The summed E-state index contributed by atoms with van der Waals surface area (Å²) in [5.74, 6) is 0.969. The van der Waals surface area contributed by atoms with Crippen LogP contribution in [-0.4, -0.2) is 30.0 Å². The van der Waals surface area contributed by atoms with Crippen molar-refractivity contribution in [3.8, 4) is 0 Å². The van der Waals surface area contributed by atoms with Gasteiger partial charge in [-0.1, -0.05) is 19.1 Å². The van der Waals surface area contributed by atoms with Crippen molar-refractivity contribution in [1.82, 2.24) is 9.88 Å². The molecule has 3 nitrogen and oxygen atoms in total. The summed E-state index contributed by atoms with van der Waals surface area (Å²) in [6.07, 6.45) is 4.21. The number of nitrogens with zero attached hydrogens (tertiary/aromatic N) is 2. The molecule has 2 aromatic rings. The van der Waals surface area contributed by atoms with E-state index in [4.69, 9.17) is 0 Å². The Bertz CT molecular complexity index is 479. The average molecular weight is 289 g/mol. The maximum absolute atomic E-state index is 4.44. The number of nitrogens with one attached hydrogen (secondary N) is 1. The van der Waals surface area contributed by atoms with Gasteiger partial charge in [-0.3, -0.25) is 0 Å². The second-order valence-electron chi connectivity index (χ2n) is 5.05. The maximum Gasteiger partial charge on any atom is 0.125 e. The highest BCUT2D eigenvalue weighted by molar-refractivity contribution is 7.09. The van der Waals surface area contributed by atoms with Crippen LogP contribution in [0.2, 0.25) is 0 Å². The molecule has 0 spiro atoms. The van der Waals surface area contributed by atoms with Gasteiger partial charge < -0.3 is 10.2 Å². The normalized spacial score (nSPS) is 10.9. The lowest BCUT2D eigenvalue weighted by molar-refractivity contribution is 0.331. The number of thiophene rings is 1. The van der Waals surface area contributed by atoms with E-state index < -0.39 is 0 Å². The number of aromatic nitrogens is 1. The Hall–Kier alpha value is -1.39. The number of hydrogen-bond donors (Lipinski definition) is 1. The van der Waals surface area contributed by atoms with Crippen LogP contribution in [0.1, 0.15) is 23.8 Å². The number of pyridine rings is 1. The summed E-state index contributed by atoms with van der Waals surface area (Å²) in [5, 5.41) is 5.44. The zero-order chi connectivity index (χ0) is 14.2. The lowest BCUT2D eigenvalue weighted by atomic mass is 10.2. The Balaban J connectivity index is 1.77. The van der Waals surface area contributed by atoms with Gasteiger partial charge >= 0.3 is 0 Å². The van der Waals surface area contributed by atoms with Gasteiger partial charge in [-0.05, 0) is 43.0 Å². The SMILES string of the molecule is CCCNc1ccc(CN(C)CCc2cccs2)cn1. The largest absolute Gasteiger partial charge is 0.370 e. The third-order valence-corrected chi connectivity index (χ3v) is 4.09. The summed E-state index contributed by atoms with van der Waals surface area (Å²) in [7, 11) is 2.16. The highest BCUT2D eigenvalue weighted by Gasteiger charge is 2.02. The molecule has 108 valence electrons. The van der Waals surface area contributed by atoms with Crippen molar-refractivity contribution < 1.29 is 0 Å². The first-order valence-electron chi connectivity index (χ1n) is 7.17. The lowest BCUT2D eigenvalue weighted by Gasteiger charge is -2.16. The highest BCUT2D eigenvalue weighted by atomic mass is 32.1. The first-order valence-corrected chi connectivity index (χ1v) is 8.05. The molecule has 0 aromatic carbocycles. The Kier molecular flexibility index (Phi) is 6.02. The van der Waals surface area contributed by atoms with Crippen molar-refractivity contribution in [2.75, 3.05) is 25.5 Å². The molecule has 0 bridgehead atoms. The molecule has 2 heterocycles. The summed E-state index contributed by atoms with van der Waals surface area (Å²) >= 11 is 1.83. The van der Waals surface area contributed by atoms with E-state index in [1.807, 2.05) is 17.5 Å². The van der Waals surface area contributed by atoms with Gasteiger partial charge in [0.15, 0.2) is 0 Å². The number of rotatable bonds is 8. The summed E-state index contributed by atoms with van der Waals surface area (Å²) in [6.45, 7) is 5.17. The van der Waals surface area contributed by atoms with Gasteiger partial charge in [0.2, 0.25) is 0 Å². The minimum Gasteiger partial charge on any atom is -0.370 e. The van der Waals surface area contributed by atoms with Gasteiger partial charge in [-0.15, -0.1) is 11.3 Å². The Morgan fingerprint density at radius 2 is 2.20 bits per heavy atom. The van der Waals surface area contributed by atoms with Crippen LogP contribution in [-0.2, 0) is 13.0 Å². The fraction of sp³-hybridized carbons (Fsp3) is 0.438. The van der Waals surface area contributed by atoms with Crippen LogP contribution in [0.25, 0.3) is 0 Å². The molecule has 0 radical (unpaired) electrons. The van der Waals surface area contributed by atoms with Crippen LogP contribution in [0.5, 0.6) is 0 Å². The molecule has 2 rings (SSSR count). The molecule has 1 N–H and O–H groups in total. The minimum atomic E-state index is 0.951. The van der Waals surface area contributed by atoms with Gasteiger partial charge in [0.1, 0.15) is 5.82 Å². The van der Waals surface area contributed by atoms with Gasteiger partial charge in [-0.2, -0.15) is 0 Å². The van der Waals surface area contributed by atoms with Crippen molar-refractivity contribution >= 4 is 17.2 Å². The molecule has 4 heteroatoms. The topological polar surface area (TPSA) is 28.2 Å². The van der Waals surface area contributed by atoms with Gasteiger partial charge in [0.25, 0.3) is 0 Å². The second-order valence-corrected chi connectivity index (χ2v) is 6.08. The standard InChI is InChI=1S/C16H23N3S/c1-3-9-17-16-7-6-14(12-18-16)13-19(2)10-8-15-5-4-11-20-15/h4-7,11-12H,3,8-10,13H2,1-2H3,(H,17,18). The number of likely N-dealkylation sites (N-methyl/N-ethyl adjacent to an activating group) is 1. The third kappa shape index (κ3) is 4.94.